The molecular formula is C22H28ClN3O3. The smallest absolute Gasteiger partial charge is 0.254 e. The minimum absolute atomic E-state index is 0. The van der Waals surface area contributed by atoms with Crippen molar-refractivity contribution >= 4 is 29.9 Å². The molecule has 0 aromatic heterocycles. The van der Waals surface area contributed by atoms with Crippen molar-refractivity contribution in [1.82, 2.24) is 10.2 Å². The molecule has 7 heteroatoms. The number of anilines is 1. The van der Waals surface area contributed by atoms with Gasteiger partial charge in [-0.1, -0.05) is 24.3 Å². The van der Waals surface area contributed by atoms with E-state index < -0.39 is 0 Å². The number of benzene rings is 2. The van der Waals surface area contributed by atoms with Crippen LogP contribution in [0.1, 0.15) is 35.3 Å². The summed E-state index contributed by atoms with van der Waals surface area (Å²) < 4.78 is 5.68. The number of nitrogen functional groups attached to an aromatic ring is 1. The highest BCUT2D eigenvalue weighted by Crippen LogP contribution is 2.15. The Labute approximate surface area is 177 Å². The zero-order chi connectivity index (χ0) is 20.1. The van der Waals surface area contributed by atoms with Crippen molar-refractivity contribution in [3.05, 3.63) is 65.2 Å². The Morgan fingerprint density at radius 3 is 2.14 bits per heavy atom. The van der Waals surface area contributed by atoms with Gasteiger partial charge in [-0.25, -0.2) is 0 Å². The molecule has 1 aliphatic rings. The molecule has 2 aromatic rings. The van der Waals surface area contributed by atoms with Crippen molar-refractivity contribution in [1.29, 1.82) is 0 Å². The molecule has 156 valence electrons. The fourth-order valence-corrected chi connectivity index (χ4v) is 3.38. The quantitative estimate of drug-likeness (QED) is 0.732. The number of ether oxygens (including phenoxy) is 1. The predicted octanol–water partition coefficient (Wildman–Crippen LogP) is 2.80. The lowest BCUT2D eigenvalue weighted by molar-refractivity contribution is -0.120. The highest BCUT2D eigenvalue weighted by Gasteiger charge is 2.26. The highest BCUT2D eigenvalue weighted by atomic mass is 35.5. The number of carbonyl (C=O) groups excluding carboxylic acids is 2. The summed E-state index contributed by atoms with van der Waals surface area (Å²) in [4.78, 5) is 26.6. The number of halogens is 1. The first-order valence-corrected chi connectivity index (χ1v) is 9.55. The molecule has 0 radical (unpaired) electrons. The topological polar surface area (TPSA) is 84.7 Å². The second-order valence-corrected chi connectivity index (χ2v) is 7.36. The Kier molecular flexibility index (Phi) is 8.05. The normalized spacial score (nSPS) is 18.6. The lowest BCUT2D eigenvalue weighted by Gasteiger charge is -2.35. The average molecular weight is 418 g/mol. The van der Waals surface area contributed by atoms with E-state index in [4.69, 9.17) is 10.5 Å². The van der Waals surface area contributed by atoms with Crippen LogP contribution in [-0.2, 0) is 22.5 Å². The third-order valence-corrected chi connectivity index (χ3v) is 4.74. The van der Waals surface area contributed by atoms with E-state index in [0.29, 0.717) is 37.3 Å². The zero-order valence-corrected chi connectivity index (χ0v) is 17.6. The molecule has 0 saturated carbocycles. The number of rotatable bonds is 5. The summed E-state index contributed by atoms with van der Waals surface area (Å²) in [5.74, 6) is -0.0397. The monoisotopic (exact) mass is 417 g/mol. The standard InChI is InChI=1S/C22H27N3O3.ClH/c1-15-13-25(14-16(2)28-15)22(27)19-7-3-18(4-8-19)12-24-21(26)11-17-5-9-20(23)10-6-17;/h3-10,15-16H,11-14,23H2,1-2H3,(H,24,26);1H. The van der Waals surface area contributed by atoms with Gasteiger partial charge in [-0.15, -0.1) is 12.4 Å². The van der Waals surface area contributed by atoms with E-state index in [1.54, 1.807) is 12.1 Å². The second kappa shape index (κ2) is 10.3. The summed E-state index contributed by atoms with van der Waals surface area (Å²) >= 11 is 0. The SMILES string of the molecule is CC1CN(C(=O)c2ccc(CNC(=O)Cc3ccc(N)cc3)cc2)CC(C)O1.Cl. The molecule has 1 saturated heterocycles. The van der Waals surface area contributed by atoms with Crippen molar-refractivity contribution < 1.29 is 14.3 Å². The largest absolute Gasteiger partial charge is 0.399 e. The number of hydrogen-bond acceptors (Lipinski definition) is 4. The Hall–Kier alpha value is -2.57. The molecule has 0 aliphatic carbocycles. The van der Waals surface area contributed by atoms with Crippen LogP contribution in [0.25, 0.3) is 0 Å². The first kappa shape index (κ1) is 22.7. The van der Waals surface area contributed by atoms with Crippen LogP contribution in [0.3, 0.4) is 0 Å². The van der Waals surface area contributed by atoms with Gasteiger partial charge >= 0.3 is 0 Å². The van der Waals surface area contributed by atoms with E-state index in [1.165, 1.54) is 0 Å². The van der Waals surface area contributed by atoms with E-state index in [1.807, 2.05) is 55.1 Å². The number of amides is 2. The third-order valence-electron chi connectivity index (χ3n) is 4.74. The van der Waals surface area contributed by atoms with Crippen molar-refractivity contribution in [3.63, 3.8) is 0 Å². The van der Waals surface area contributed by atoms with Gasteiger partial charge in [0.05, 0.1) is 18.6 Å². The van der Waals surface area contributed by atoms with Crippen LogP contribution >= 0.6 is 12.4 Å². The van der Waals surface area contributed by atoms with Crippen molar-refractivity contribution in [2.45, 2.75) is 39.0 Å². The maximum Gasteiger partial charge on any atom is 0.254 e. The molecule has 6 nitrogen and oxygen atoms in total. The van der Waals surface area contributed by atoms with Gasteiger partial charge in [0.2, 0.25) is 5.91 Å². The number of hydrogen-bond donors (Lipinski definition) is 2. The van der Waals surface area contributed by atoms with Crippen molar-refractivity contribution in [2.75, 3.05) is 18.8 Å². The molecule has 0 bridgehead atoms. The van der Waals surface area contributed by atoms with Crippen LogP contribution < -0.4 is 11.1 Å². The molecular weight excluding hydrogens is 390 g/mol. The van der Waals surface area contributed by atoms with Crippen molar-refractivity contribution in [2.24, 2.45) is 0 Å². The molecule has 2 aromatic carbocycles. The van der Waals surface area contributed by atoms with Crippen LogP contribution in [0.5, 0.6) is 0 Å². The molecule has 2 amide bonds. The first-order chi connectivity index (χ1) is 13.4. The number of nitrogens with one attached hydrogen (secondary N) is 1. The second-order valence-electron chi connectivity index (χ2n) is 7.36. The minimum Gasteiger partial charge on any atom is -0.399 e. The highest BCUT2D eigenvalue weighted by molar-refractivity contribution is 5.94. The fraction of sp³-hybridized carbons (Fsp3) is 0.364. The Morgan fingerprint density at radius 2 is 1.55 bits per heavy atom. The fourth-order valence-electron chi connectivity index (χ4n) is 3.38. The van der Waals surface area contributed by atoms with Gasteiger partial charge in [0.1, 0.15) is 0 Å². The molecule has 1 heterocycles. The summed E-state index contributed by atoms with van der Waals surface area (Å²) in [6.07, 6.45) is 0.399. The maximum atomic E-state index is 12.7. The average Bonchev–Trinajstić information content (AvgIpc) is 2.67. The number of nitrogens with zero attached hydrogens (tertiary/aromatic N) is 1. The maximum absolute atomic E-state index is 12.7. The Balaban J connectivity index is 0.00000300. The van der Waals surface area contributed by atoms with Crippen LogP contribution in [0.2, 0.25) is 0 Å². The molecule has 29 heavy (non-hydrogen) atoms. The van der Waals surface area contributed by atoms with Gasteiger partial charge in [-0.2, -0.15) is 0 Å². The van der Waals surface area contributed by atoms with Gasteiger partial charge in [-0.05, 0) is 49.2 Å². The minimum atomic E-state index is -0.0544. The van der Waals surface area contributed by atoms with Gasteiger partial charge in [-0.3, -0.25) is 9.59 Å². The molecule has 3 rings (SSSR count). The number of nitrogens with two attached hydrogens (primary N) is 1. The molecule has 0 spiro atoms. The number of morpholine rings is 1. The number of carbonyl (C=O) groups is 2. The van der Waals surface area contributed by atoms with E-state index in [9.17, 15) is 9.59 Å². The summed E-state index contributed by atoms with van der Waals surface area (Å²) in [6, 6.07) is 14.7. The van der Waals surface area contributed by atoms with Crippen LogP contribution in [0, 0.1) is 0 Å². The summed E-state index contributed by atoms with van der Waals surface area (Å²) in [7, 11) is 0. The van der Waals surface area contributed by atoms with Gasteiger partial charge in [0.15, 0.2) is 0 Å². The molecule has 1 aliphatic heterocycles. The molecule has 2 atom stereocenters. The Morgan fingerprint density at radius 1 is 1.00 bits per heavy atom. The third kappa shape index (κ3) is 6.48. The van der Waals surface area contributed by atoms with E-state index in [0.717, 1.165) is 11.1 Å². The molecule has 2 unspecified atom stereocenters. The van der Waals surface area contributed by atoms with E-state index in [2.05, 4.69) is 5.32 Å². The predicted molar refractivity (Wildman–Crippen MR) is 116 cm³/mol. The van der Waals surface area contributed by atoms with Crippen LogP contribution in [0.4, 0.5) is 5.69 Å². The molecule has 1 fully saturated rings. The summed E-state index contributed by atoms with van der Waals surface area (Å²) in [5.41, 5.74) is 8.85. The van der Waals surface area contributed by atoms with Gasteiger partial charge in [0, 0.05) is 30.9 Å². The van der Waals surface area contributed by atoms with Gasteiger partial charge in [0.25, 0.3) is 5.91 Å². The Bertz CT molecular complexity index is 814. The van der Waals surface area contributed by atoms with Crippen LogP contribution in [-0.4, -0.2) is 42.0 Å². The first-order valence-electron chi connectivity index (χ1n) is 9.55. The zero-order valence-electron chi connectivity index (χ0n) is 16.8. The lowest BCUT2D eigenvalue weighted by Crippen LogP contribution is -2.48. The van der Waals surface area contributed by atoms with Crippen molar-refractivity contribution in [3.8, 4) is 0 Å². The van der Waals surface area contributed by atoms with E-state index >= 15 is 0 Å². The van der Waals surface area contributed by atoms with Crippen LogP contribution in [0.15, 0.2) is 48.5 Å². The summed E-state index contributed by atoms with van der Waals surface area (Å²) in [5, 5.41) is 2.90. The van der Waals surface area contributed by atoms with E-state index in [-0.39, 0.29) is 36.4 Å². The van der Waals surface area contributed by atoms with Gasteiger partial charge < -0.3 is 20.7 Å². The lowest BCUT2D eigenvalue weighted by atomic mass is 10.1. The molecule has 3 N–H and O–H groups in total. The summed E-state index contributed by atoms with van der Waals surface area (Å²) in [6.45, 7) is 5.59.